The molecule has 1 aliphatic heterocycles. The van der Waals surface area contributed by atoms with Crippen molar-refractivity contribution in [2.45, 2.75) is 20.3 Å². The van der Waals surface area contributed by atoms with Gasteiger partial charge in [-0.15, -0.1) is 0 Å². The predicted octanol–water partition coefficient (Wildman–Crippen LogP) is 6.56. The van der Waals surface area contributed by atoms with E-state index in [1.54, 1.807) is 0 Å². The van der Waals surface area contributed by atoms with Crippen molar-refractivity contribution in [2.24, 2.45) is 22.7 Å². The first-order valence-electron chi connectivity index (χ1n) is 13.2. The number of allylic oxidation sites excluding steroid dienone is 2. The van der Waals surface area contributed by atoms with Crippen LogP contribution in [0.3, 0.4) is 0 Å². The van der Waals surface area contributed by atoms with Gasteiger partial charge in [-0.25, -0.2) is 4.90 Å². The molecule has 2 bridgehead atoms. The molecule has 0 spiro atoms. The lowest BCUT2D eigenvalue weighted by atomic mass is 9.62. The molecule has 1 heterocycles. The molecule has 0 N–H and O–H groups in total. The van der Waals surface area contributed by atoms with Crippen molar-refractivity contribution in [3.63, 3.8) is 0 Å². The molecule has 1 saturated carbocycles. The predicted molar refractivity (Wildman–Crippen MR) is 149 cm³/mol. The maximum atomic E-state index is 14.6. The van der Waals surface area contributed by atoms with Crippen LogP contribution in [0.2, 0.25) is 0 Å². The fourth-order valence-electron chi connectivity index (χ4n) is 7.70. The van der Waals surface area contributed by atoms with E-state index in [-0.39, 0.29) is 17.6 Å². The van der Waals surface area contributed by atoms with Crippen LogP contribution >= 0.6 is 0 Å². The van der Waals surface area contributed by atoms with E-state index >= 15 is 0 Å². The molecule has 7 rings (SSSR count). The highest BCUT2D eigenvalue weighted by Crippen LogP contribution is 2.74. The maximum absolute atomic E-state index is 14.6. The fourth-order valence-corrected chi connectivity index (χ4v) is 7.70. The summed E-state index contributed by atoms with van der Waals surface area (Å²) >= 11 is 0. The number of nitrogens with zero attached hydrogens (tertiary/aromatic N) is 1. The van der Waals surface area contributed by atoms with Gasteiger partial charge in [-0.3, -0.25) is 14.4 Å². The van der Waals surface area contributed by atoms with Gasteiger partial charge >= 0.3 is 0 Å². The minimum Gasteiger partial charge on any atom is -0.298 e. The van der Waals surface area contributed by atoms with E-state index in [2.05, 4.69) is 0 Å². The summed E-state index contributed by atoms with van der Waals surface area (Å²) in [4.78, 5) is 44.5. The van der Waals surface area contributed by atoms with Gasteiger partial charge in [0, 0.05) is 0 Å². The van der Waals surface area contributed by atoms with Gasteiger partial charge in [0.2, 0.25) is 11.8 Å². The quantitative estimate of drug-likeness (QED) is 0.300. The summed E-state index contributed by atoms with van der Waals surface area (Å²) in [6.45, 7) is 3.88. The summed E-state index contributed by atoms with van der Waals surface area (Å²) in [5.41, 5.74) is 2.06. The highest BCUT2D eigenvalue weighted by molar-refractivity contribution is 6.34. The summed E-state index contributed by atoms with van der Waals surface area (Å²) < 4.78 is 0. The molecule has 4 nitrogen and oxygen atoms in total. The third-order valence-electron chi connectivity index (χ3n) is 9.23. The Hall–Kier alpha value is -4.31. The third kappa shape index (κ3) is 2.62. The molecule has 0 radical (unpaired) electrons. The Morgan fingerprint density at radius 3 is 1.84 bits per heavy atom. The minimum absolute atomic E-state index is 0.0000626. The topological polar surface area (TPSA) is 54.5 Å². The lowest BCUT2D eigenvalue weighted by Crippen LogP contribution is -2.41. The van der Waals surface area contributed by atoms with Crippen LogP contribution in [0.1, 0.15) is 31.4 Å². The Labute approximate surface area is 221 Å². The van der Waals surface area contributed by atoms with E-state index in [0.29, 0.717) is 12.1 Å². The molecule has 38 heavy (non-hydrogen) atoms. The third-order valence-corrected chi connectivity index (χ3v) is 9.23. The first-order valence-corrected chi connectivity index (χ1v) is 13.2. The second-order valence-electron chi connectivity index (χ2n) is 10.8. The standard InChI is InChI=1S/C34H27NO3/c1-3-34-27(23-15-8-5-9-16-23)26(22-13-6-4-7-14-22)33(2,32(34)38)28-29(34)31(37)35(30(28)36)25-19-18-21-12-10-11-17-24(21)20-25/h4-20,28-29H,3H2,1-2H3/t28-,29+,33+,34-/m1/s1. The van der Waals surface area contributed by atoms with Crippen molar-refractivity contribution in [1.82, 2.24) is 0 Å². The SMILES string of the molecule is CC[C@@]12C(=O)[C@@](C)(C(c3ccccc3)=C1c1ccccc1)[C@H]1C(=O)N(c3ccc4ccccc4c3)C(=O)[C@H]12. The summed E-state index contributed by atoms with van der Waals surface area (Å²) in [5, 5.41) is 2.01. The molecule has 1 saturated heterocycles. The Kier molecular flexibility index (Phi) is 4.72. The highest BCUT2D eigenvalue weighted by Gasteiger charge is 2.79. The summed E-state index contributed by atoms with van der Waals surface area (Å²) in [5.74, 6) is -2.01. The second-order valence-corrected chi connectivity index (χ2v) is 10.8. The molecular formula is C34H27NO3. The van der Waals surface area contributed by atoms with Gasteiger partial charge in [-0.05, 0) is 58.5 Å². The van der Waals surface area contributed by atoms with Crippen LogP contribution in [0, 0.1) is 22.7 Å². The van der Waals surface area contributed by atoms with Crippen LogP contribution < -0.4 is 4.90 Å². The van der Waals surface area contributed by atoms with Crippen LogP contribution in [0.25, 0.3) is 21.9 Å². The van der Waals surface area contributed by atoms with Crippen molar-refractivity contribution in [1.29, 1.82) is 0 Å². The number of carbonyl (C=O) groups excluding carboxylic acids is 3. The number of hydrogen-bond acceptors (Lipinski definition) is 3. The average molecular weight is 498 g/mol. The van der Waals surface area contributed by atoms with Gasteiger partial charge < -0.3 is 0 Å². The van der Waals surface area contributed by atoms with Crippen molar-refractivity contribution < 1.29 is 14.4 Å². The Bertz CT molecular complexity index is 1690. The molecule has 2 fully saturated rings. The van der Waals surface area contributed by atoms with Crippen LogP contribution in [0.15, 0.2) is 103 Å². The molecule has 3 aliphatic rings. The van der Waals surface area contributed by atoms with Crippen LogP contribution in [-0.4, -0.2) is 17.6 Å². The van der Waals surface area contributed by atoms with Crippen molar-refractivity contribution in [2.75, 3.05) is 4.90 Å². The number of carbonyl (C=O) groups is 3. The van der Waals surface area contributed by atoms with E-state index in [1.165, 1.54) is 4.90 Å². The summed E-state index contributed by atoms with van der Waals surface area (Å²) in [7, 11) is 0. The summed E-state index contributed by atoms with van der Waals surface area (Å²) in [6.07, 6.45) is 0.452. The molecule has 2 amide bonds. The first-order chi connectivity index (χ1) is 18.4. The van der Waals surface area contributed by atoms with Crippen molar-refractivity contribution in [3.8, 4) is 0 Å². The number of Topliss-reactive ketones (excluding diaryl/α,β-unsaturated/α-hetero) is 1. The lowest BCUT2D eigenvalue weighted by molar-refractivity contribution is -0.134. The average Bonchev–Trinajstić information content (AvgIpc) is 3.43. The van der Waals surface area contributed by atoms with Crippen LogP contribution in [-0.2, 0) is 14.4 Å². The van der Waals surface area contributed by atoms with Crippen molar-refractivity contribution in [3.05, 3.63) is 114 Å². The molecule has 4 atom stereocenters. The van der Waals surface area contributed by atoms with E-state index in [1.807, 2.05) is 117 Å². The molecular weight excluding hydrogens is 470 g/mol. The lowest BCUT2D eigenvalue weighted by Gasteiger charge is -2.37. The zero-order chi connectivity index (χ0) is 26.2. The number of rotatable bonds is 4. The number of imide groups is 1. The normalized spacial score (nSPS) is 28.1. The van der Waals surface area contributed by atoms with E-state index in [9.17, 15) is 14.4 Å². The number of ketones is 1. The zero-order valence-corrected chi connectivity index (χ0v) is 21.3. The Morgan fingerprint density at radius 1 is 0.658 bits per heavy atom. The first kappa shape index (κ1) is 22.9. The number of benzene rings is 4. The Balaban J connectivity index is 1.48. The molecule has 186 valence electrons. The van der Waals surface area contributed by atoms with Crippen molar-refractivity contribution >= 4 is 45.2 Å². The number of fused-ring (bicyclic) bond motifs is 6. The second kappa shape index (κ2) is 7.84. The molecule has 4 heteroatoms. The molecule has 0 unspecified atom stereocenters. The van der Waals surface area contributed by atoms with E-state index < -0.39 is 22.7 Å². The summed E-state index contributed by atoms with van der Waals surface area (Å²) in [6, 6.07) is 33.4. The van der Waals surface area contributed by atoms with Gasteiger partial charge in [0.05, 0.1) is 28.4 Å². The van der Waals surface area contributed by atoms with Gasteiger partial charge in [-0.2, -0.15) is 0 Å². The number of anilines is 1. The minimum atomic E-state index is -1.11. The van der Waals surface area contributed by atoms with Gasteiger partial charge in [0.15, 0.2) is 5.78 Å². The monoisotopic (exact) mass is 497 g/mol. The molecule has 4 aromatic carbocycles. The molecule has 0 aromatic heterocycles. The number of amides is 2. The van der Waals surface area contributed by atoms with Gasteiger partial charge in [0.25, 0.3) is 0 Å². The smallest absolute Gasteiger partial charge is 0.239 e. The molecule has 4 aromatic rings. The highest BCUT2D eigenvalue weighted by atomic mass is 16.2. The van der Waals surface area contributed by atoms with Crippen LogP contribution in [0.5, 0.6) is 0 Å². The largest absolute Gasteiger partial charge is 0.298 e. The van der Waals surface area contributed by atoms with Gasteiger partial charge in [-0.1, -0.05) is 97.9 Å². The zero-order valence-electron chi connectivity index (χ0n) is 21.3. The van der Waals surface area contributed by atoms with Crippen LogP contribution in [0.4, 0.5) is 5.69 Å². The van der Waals surface area contributed by atoms with Gasteiger partial charge in [0.1, 0.15) is 0 Å². The van der Waals surface area contributed by atoms with E-state index in [4.69, 9.17) is 0 Å². The Morgan fingerprint density at radius 2 is 1.21 bits per heavy atom. The maximum Gasteiger partial charge on any atom is 0.239 e. The number of hydrogen-bond donors (Lipinski definition) is 0. The van der Waals surface area contributed by atoms with E-state index in [0.717, 1.165) is 33.0 Å². The molecule has 2 aliphatic carbocycles. The fraction of sp³-hybridized carbons (Fsp3) is 0.206.